The molecule has 0 bridgehead atoms. The van der Waals surface area contributed by atoms with Gasteiger partial charge in [0.2, 0.25) is 10.8 Å². The van der Waals surface area contributed by atoms with Crippen LogP contribution >= 0.6 is 23.4 Å². The number of nitrogens with zero attached hydrogens (tertiary/aromatic N) is 2. The molecule has 2 heterocycles. The van der Waals surface area contributed by atoms with Crippen molar-refractivity contribution in [1.82, 2.24) is 0 Å². The summed E-state index contributed by atoms with van der Waals surface area (Å²) in [5.74, 6) is -0.798. The first-order valence-corrected chi connectivity index (χ1v) is 8.63. The summed E-state index contributed by atoms with van der Waals surface area (Å²) >= 11 is 7.16. The summed E-state index contributed by atoms with van der Waals surface area (Å²) in [6.07, 6.45) is 0. The molecule has 0 unspecified atom stereocenters. The number of benzene rings is 2. The molecule has 0 saturated carbocycles. The average molecular weight is 363 g/mol. The summed E-state index contributed by atoms with van der Waals surface area (Å²) in [5.41, 5.74) is 1.94. The Morgan fingerprint density at radius 3 is 2.71 bits per heavy atom. The zero-order valence-corrected chi connectivity index (χ0v) is 14.2. The summed E-state index contributed by atoms with van der Waals surface area (Å²) in [6.45, 7) is 0. The first-order chi connectivity index (χ1) is 11.5. The van der Waals surface area contributed by atoms with Crippen molar-refractivity contribution in [3.63, 3.8) is 0 Å². The number of anilines is 2. The van der Waals surface area contributed by atoms with Gasteiger partial charge in [0.1, 0.15) is 5.82 Å². The van der Waals surface area contributed by atoms with E-state index in [4.69, 9.17) is 11.6 Å². The van der Waals surface area contributed by atoms with E-state index >= 15 is 0 Å². The Balaban J connectivity index is 1.95. The first kappa shape index (κ1) is 15.5. The van der Waals surface area contributed by atoms with Gasteiger partial charge in [-0.2, -0.15) is 0 Å². The van der Waals surface area contributed by atoms with Gasteiger partial charge in [-0.25, -0.2) is 4.39 Å². The molecule has 1 spiro atoms. The molecule has 0 aromatic heterocycles. The van der Waals surface area contributed by atoms with E-state index in [0.717, 1.165) is 11.3 Å². The largest absolute Gasteiger partial charge is 0.312 e. The molecule has 2 aromatic carbocycles. The van der Waals surface area contributed by atoms with Gasteiger partial charge in [0, 0.05) is 18.3 Å². The molecular formula is C17H12ClFN2O2S. The molecule has 0 radical (unpaired) electrons. The molecule has 0 N–H and O–H groups in total. The maximum Gasteiger partial charge on any atom is 0.268 e. The lowest BCUT2D eigenvalue weighted by atomic mass is 10.0. The lowest BCUT2D eigenvalue weighted by Crippen LogP contribution is -2.49. The van der Waals surface area contributed by atoms with Gasteiger partial charge in [-0.05, 0) is 24.3 Å². The molecular weight excluding hydrogens is 351 g/mol. The van der Waals surface area contributed by atoms with E-state index < -0.39 is 10.7 Å². The van der Waals surface area contributed by atoms with E-state index in [1.807, 2.05) is 24.3 Å². The van der Waals surface area contributed by atoms with E-state index in [-0.39, 0.29) is 22.6 Å². The van der Waals surface area contributed by atoms with E-state index in [9.17, 15) is 14.0 Å². The SMILES string of the molecule is CN1C(=O)[C@@]2(SCC(=O)N2c2ccc(F)c(Cl)c2)c2ccccc21. The molecule has 24 heavy (non-hydrogen) atoms. The Kier molecular flexibility index (Phi) is 3.37. The van der Waals surface area contributed by atoms with E-state index in [0.29, 0.717) is 5.69 Å². The standard InChI is InChI=1S/C17H12ClFN2O2S/c1-20-14-5-3-2-4-11(14)17(16(20)23)21(15(22)9-24-17)10-6-7-13(19)12(18)8-10/h2-8H,9H2,1H3/t17-/m0/s1. The predicted octanol–water partition coefficient (Wildman–Crippen LogP) is 3.39. The van der Waals surface area contributed by atoms with Crippen molar-refractivity contribution in [1.29, 1.82) is 0 Å². The summed E-state index contributed by atoms with van der Waals surface area (Å²) in [7, 11) is 1.69. The Bertz CT molecular complexity index is 891. The number of carbonyl (C=O) groups is 2. The fourth-order valence-corrected chi connectivity index (χ4v) is 4.84. The zero-order valence-electron chi connectivity index (χ0n) is 12.6. The minimum absolute atomic E-state index is 0.0839. The number of hydrogen-bond donors (Lipinski definition) is 0. The number of carbonyl (C=O) groups excluding carboxylic acids is 2. The normalized spacial score (nSPS) is 22.6. The molecule has 1 fully saturated rings. The van der Waals surface area contributed by atoms with Crippen LogP contribution in [0.4, 0.5) is 15.8 Å². The smallest absolute Gasteiger partial charge is 0.268 e. The van der Waals surface area contributed by atoms with Gasteiger partial charge in [0.05, 0.1) is 16.5 Å². The van der Waals surface area contributed by atoms with E-state index in [2.05, 4.69) is 0 Å². The molecule has 2 aromatic rings. The van der Waals surface area contributed by atoms with Gasteiger partial charge in [-0.1, -0.05) is 29.8 Å². The van der Waals surface area contributed by atoms with Gasteiger partial charge in [0.25, 0.3) is 5.91 Å². The van der Waals surface area contributed by atoms with Crippen molar-refractivity contribution in [2.45, 2.75) is 4.87 Å². The van der Waals surface area contributed by atoms with Crippen LogP contribution < -0.4 is 9.80 Å². The van der Waals surface area contributed by atoms with E-state index in [1.54, 1.807) is 11.9 Å². The Morgan fingerprint density at radius 2 is 1.96 bits per heavy atom. The van der Waals surface area contributed by atoms with Gasteiger partial charge in [-0.15, -0.1) is 11.8 Å². The maximum atomic E-state index is 13.5. The minimum Gasteiger partial charge on any atom is -0.312 e. The number of rotatable bonds is 1. The van der Waals surface area contributed by atoms with Crippen LogP contribution in [-0.2, 0) is 14.5 Å². The van der Waals surface area contributed by atoms with Gasteiger partial charge >= 0.3 is 0 Å². The van der Waals surface area contributed by atoms with Crippen molar-refractivity contribution in [3.05, 3.63) is 58.9 Å². The van der Waals surface area contributed by atoms with Crippen molar-refractivity contribution in [3.8, 4) is 0 Å². The second-order valence-corrected chi connectivity index (χ2v) is 7.22. The number of fused-ring (bicyclic) bond motifs is 2. The monoisotopic (exact) mass is 362 g/mol. The Hall–Kier alpha value is -2.05. The summed E-state index contributed by atoms with van der Waals surface area (Å²) in [6, 6.07) is 11.4. The topological polar surface area (TPSA) is 40.6 Å². The third kappa shape index (κ3) is 1.87. The lowest BCUT2D eigenvalue weighted by Gasteiger charge is -2.33. The number of para-hydroxylation sites is 1. The molecule has 7 heteroatoms. The van der Waals surface area contributed by atoms with Crippen LogP contribution in [0.2, 0.25) is 5.02 Å². The first-order valence-electron chi connectivity index (χ1n) is 7.26. The van der Waals surface area contributed by atoms with Gasteiger partial charge in [0.15, 0.2) is 0 Å². The number of thioether (sulfide) groups is 1. The van der Waals surface area contributed by atoms with Crippen LogP contribution in [0.5, 0.6) is 0 Å². The zero-order chi connectivity index (χ0) is 17.1. The Labute approximate surface area is 147 Å². The average Bonchev–Trinajstić information content (AvgIpc) is 3.03. The van der Waals surface area contributed by atoms with Crippen LogP contribution in [0.3, 0.4) is 0 Å². The highest BCUT2D eigenvalue weighted by Crippen LogP contribution is 2.55. The molecule has 2 amide bonds. The highest BCUT2D eigenvalue weighted by Gasteiger charge is 2.60. The summed E-state index contributed by atoms with van der Waals surface area (Å²) < 4.78 is 13.5. The van der Waals surface area contributed by atoms with E-state index in [1.165, 1.54) is 34.9 Å². The molecule has 4 rings (SSSR count). The second kappa shape index (κ2) is 5.22. The van der Waals surface area contributed by atoms with Crippen LogP contribution in [0.25, 0.3) is 0 Å². The molecule has 1 atom stereocenters. The molecule has 1 saturated heterocycles. The minimum atomic E-state index is -1.16. The molecule has 2 aliphatic heterocycles. The third-order valence-corrected chi connectivity index (χ3v) is 6.03. The Morgan fingerprint density at radius 1 is 1.21 bits per heavy atom. The van der Waals surface area contributed by atoms with Crippen molar-refractivity contribution in [2.24, 2.45) is 0 Å². The van der Waals surface area contributed by atoms with Crippen LogP contribution in [-0.4, -0.2) is 24.6 Å². The predicted molar refractivity (Wildman–Crippen MR) is 92.9 cm³/mol. The number of hydrogen-bond acceptors (Lipinski definition) is 3. The van der Waals surface area contributed by atoms with Crippen molar-refractivity contribution in [2.75, 3.05) is 22.6 Å². The van der Waals surface area contributed by atoms with Gasteiger partial charge < -0.3 is 4.90 Å². The third-order valence-electron chi connectivity index (χ3n) is 4.36. The van der Waals surface area contributed by atoms with Crippen molar-refractivity contribution >= 4 is 46.6 Å². The highest BCUT2D eigenvalue weighted by atomic mass is 35.5. The molecule has 0 aliphatic carbocycles. The van der Waals surface area contributed by atoms with Crippen LogP contribution in [0.15, 0.2) is 42.5 Å². The fourth-order valence-electron chi connectivity index (χ4n) is 3.28. The summed E-state index contributed by atoms with van der Waals surface area (Å²) in [4.78, 5) is 27.5. The molecule has 2 aliphatic rings. The molecule has 122 valence electrons. The van der Waals surface area contributed by atoms with Gasteiger partial charge in [-0.3, -0.25) is 14.5 Å². The van der Waals surface area contributed by atoms with Crippen molar-refractivity contribution < 1.29 is 14.0 Å². The summed E-state index contributed by atoms with van der Waals surface area (Å²) in [5, 5.41) is -0.0839. The number of likely N-dealkylation sites (N-methyl/N-ethyl adjacent to an activating group) is 1. The lowest BCUT2D eigenvalue weighted by molar-refractivity contribution is -0.123. The number of halogens is 2. The fraction of sp³-hybridized carbons (Fsp3) is 0.176. The quantitative estimate of drug-likeness (QED) is 0.780. The van der Waals surface area contributed by atoms with Crippen LogP contribution in [0, 0.1) is 5.82 Å². The second-order valence-electron chi connectivity index (χ2n) is 5.64. The number of amides is 2. The highest BCUT2D eigenvalue weighted by molar-refractivity contribution is 8.02. The maximum absolute atomic E-state index is 13.5. The molecule has 4 nitrogen and oxygen atoms in total. The van der Waals surface area contributed by atoms with Crippen LogP contribution in [0.1, 0.15) is 5.56 Å².